The summed E-state index contributed by atoms with van der Waals surface area (Å²) >= 11 is 4.66. The van der Waals surface area contributed by atoms with E-state index in [0.717, 1.165) is 24.1 Å². The summed E-state index contributed by atoms with van der Waals surface area (Å²) in [5.41, 5.74) is 3.05. The molecule has 2 aliphatic heterocycles. The Bertz CT molecular complexity index is 1450. The monoisotopic (exact) mass is 562 g/mol. The third-order valence-electron chi connectivity index (χ3n) is 6.47. The quantitative estimate of drug-likeness (QED) is 0.294. The van der Waals surface area contributed by atoms with Crippen LogP contribution in [-0.4, -0.2) is 39.9 Å². The van der Waals surface area contributed by atoms with Gasteiger partial charge < -0.3 is 10.6 Å². The van der Waals surface area contributed by atoms with E-state index in [1.807, 2.05) is 36.4 Å². The van der Waals surface area contributed by atoms with Gasteiger partial charge in [-0.2, -0.15) is 0 Å². The van der Waals surface area contributed by atoms with E-state index in [1.54, 1.807) is 0 Å². The van der Waals surface area contributed by atoms with Crippen LogP contribution in [-0.2, 0) is 6.54 Å². The smallest absolute Gasteiger partial charge is 0.321 e. The second kappa shape index (κ2) is 9.61. The summed E-state index contributed by atoms with van der Waals surface area (Å²) in [4.78, 5) is 40.2. The number of likely N-dealkylation sites (tertiary alicyclic amines) is 1. The van der Waals surface area contributed by atoms with E-state index >= 15 is 0 Å². The zero-order valence-corrected chi connectivity index (χ0v) is 21.7. The molecule has 4 heterocycles. The summed E-state index contributed by atoms with van der Waals surface area (Å²) in [6, 6.07) is 15.0. The lowest BCUT2D eigenvalue weighted by atomic mass is 10.1. The highest BCUT2D eigenvalue weighted by molar-refractivity contribution is 9.10. The maximum absolute atomic E-state index is 13.3. The third kappa shape index (κ3) is 4.36. The Morgan fingerprint density at radius 1 is 1.03 bits per heavy atom. The number of nitrogens with zero attached hydrogens (tertiary/aromatic N) is 4. The number of aromatic nitrogens is 2. The number of hydrogen-bond acceptors (Lipinski definition) is 6. The van der Waals surface area contributed by atoms with Crippen LogP contribution < -0.4 is 15.5 Å². The van der Waals surface area contributed by atoms with Gasteiger partial charge >= 0.3 is 6.03 Å². The first-order valence-corrected chi connectivity index (χ1v) is 13.4. The second-order valence-electron chi connectivity index (χ2n) is 8.91. The fourth-order valence-electron chi connectivity index (χ4n) is 4.71. The first-order valence-electron chi connectivity index (χ1n) is 11.8. The number of benzene rings is 2. The number of hydrogen-bond donors (Lipinski definition) is 2. The largest absolute Gasteiger partial charge is 0.332 e. The van der Waals surface area contributed by atoms with Crippen molar-refractivity contribution in [1.82, 2.24) is 14.9 Å². The Morgan fingerprint density at radius 2 is 1.78 bits per heavy atom. The minimum atomic E-state index is -0.376. The molecule has 8 nitrogen and oxygen atoms in total. The molecule has 2 N–H and O–H groups in total. The van der Waals surface area contributed by atoms with Crippen LogP contribution in [0.5, 0.6) is 0 Å². The number of urea groups is 1. The number of anilines is 4. The van der Waals surface area contributed by atoms with Gasteiger partial charge in [0, 0.05) is 16.7 Å². The van der Waals surface area contributed by atoms with Gasteiger partial charge in [-0.05, 0) is 67.9 Å². The third-order valence-corrected chi connectivity index (χ3v) is 8.10. The number of carbonyl (C=O) groups excluding carboxylic acids is 2. The van der Waals surface area contributed by atoms with Crippen LogP contribution in [0.4, 0.5) is 27.7 Å². The molecule has 182 valence electrons. The summed E-state index contributed by atoms with van der Waals surface area (Å²) in [7, 11) is 0. The van der Waals surface area contributed by atoms with E-state index in [4.69, 9.17) is 0 Å². The van der Waals surface area contributed by atoms with Gasteiger partial charge in [0.2, 0.25) is 0 Å². The fraction of sp³-hybridized carbons (Fsp3) is 0.231. The van der Waals surface area contributed by atoms with Crippen molar-refractivity contribution < 1.29 is 9.59 Å². The topological polar surface area (TPSA) is 90.5 Å². The molecule has 4 aromatic rings. The molecule has 0 atom stereocenters. The van der Waals surface area contributed by atoms with Gasteiger partial charge in [-0.1, -0.05) is 34.5 Å². The number of nitrogens with one attached hydrogen (secondary N) is 2. The molecule has 2 aromatic carbocycles. The second-order valence-corrected chi connectivity index (χ2v) is 10.8. The number of amides is 3. The standard InChI is InChI=1S/C26H23BrN6O2S/c27-17-6-10-19(11-7-17)33-23-20-21(31-26(33)35)22(36-25(20)29-15-28-23)24(34)30-18-8-4-16(5-9-18)14-32-12-2-1-3-13-32/h4-11,15H,1-3,12-14H2,(H,30,34)(H,31,35). The highest BCUT2D eigenvalue weighted by atomic mass is 79.9. The van der Waals surface area contributed by atoms with Gasteiger partial charge in [-0.15, -0.1) is 11.3 Å². The SMILES string of the molecule is O=C(Nc1ccc(CN2CCCCC2)cc1)c1sc2ncnc3c2c1NC(=O)N3c1ccc(Br)cc1. The first-order chi connectivity index (χ1) is 17.6. The van der Waals surface area contributed by atoms with Crippen molar-refractivity contribution in [1.29, 1.82) is 0 Å². The molecular weight excluding hydrogens is 540 g/mol. The molecule has 2 aliphatic rings. The number of rotatable bonds is 5. The van der Waals surface area contributed by atoms with Gasteiger partial charge in [-0.25, -0.2) is 19.7 Å². The fourth-order valence-corrected chi connectivity index (χ4v) is 5.96. The van der Waals surface area contributed by atoms with Crippen LogP contribution in [0.25, 0.3) is 10.2 Å². The van der Waals surface area contributed by atoms with Crippen molar-refractivity contribution in [2.45, 2.75) is 25.8 Å². The Morgan fingerprint density at radius 3 is 2.53 bits per heavy atom. The lowest BCUT2D eigenvalue weighted by Crippen LogP contribution is -2.35. The zero-order chi connectivity index (χ0) is 24.6. The first kappa shape index (κ1) is 23.1. The molecule has 3 amide bonds. The van der Waals surface area contributed by atoms with Crippen molar-refractivity contribution >= 4 is 72.3 Å². The molecule has 1 fully saturated rings. The number of carbonyl (C=O) groups is 2. The lowest BCUT2D eigenvalue weighted by molar-refractivity contribution is 0.103. The highest BCUT2D eigenvalue weighted by Crippen LogP contribution is 2.44. The maximum atomic E-state index is 13.3. The van der Waals surface area contributed by atoms with E-state index < -0.39 is 0 Å². The van der Waals surface area contributed by atoms with E-state index in [2.05, 4.69) is 53.6 Å². The van der Waals surface area contributed by atoms with Gasteiger partial charge in [0.25, 0.3) is 5.91 Å². The van der Waals surface area contributed by atoms with E-state index in [0.29, 0.717) is 38.0 Å². The van der Waals surface area contributed by atoms with Crippen molar-refractivity contribution in [2.75, 3.05) is 28.6 Å². The summed E-state index contributed by atoms with van der Waals surface area (Å²) in [6.45, 7) is 3.21. The van der Waals surface area contributed by atoms with Crippen LogP contribution in [0.15, 0.2) is 59.3 Å². The predicted molar refractivity (Wildman–Crippen MR) is 146 cm³/mol. The molecular formula is C26H23BrN6O2S. The van der Waals surface area contributed by atoms with Crippen LogP contribution in [0.2, 0.25) is 0 Å². The Balaban J connectivity index is 1.26. The molecule has 0 aliphatic carbocycles. The molecule has 0 saturated carbocycles. The van der Waals surface area contributed by atoms with Crippen LogP contribution in [0, 0.1) is 0 Å². The molecule has 0 spiro atoms. The Kier molecular flexibility index (Phi) is 6.16. The van der Waals surface area contributed by atoms with E-state index in [1.165, 1.54) is 47.4 Å². The van der Waals surface area contributed by atoms with Gasteiger partial charge in [-0.3, -0.25) is 9.69 Å². The average Bonchev–Trinajstić information content (AvgIpc) is 3.26. The van der Waals surface area contributed by atoms with Gasteiger partial charge in [0.05, 0.1) is 16.8 Å². The molecule has 10 heteroatoms. The Hall–Kier alpha value is -3.34. The molecule has 6 rings (SSSR count). The van der Waals surface area contributed by atoms with E-state index in [9.17, 15) is 9.59 Å². The molecule has 1 saturated heterocycles. The normalized spacial score (nSPS) is 15.7. The van der Waals surface area contributed by atoms with Crippen molar-refractivity contribution in [2.24, 2.45) is 0 Å². The molecule has 36 heavy (non-hydrogen) atoms. The van der Waals surface area contributed by atoms with Crippen LogP contribution in [0.1, 0.15) is 34.5 Å². The Labute approximate surface area is 220 Å². The number of thiophene rings is 1. The maximum Gasteiger partial charge on any atom is 0.332 e. The highest BCUT2D eigenvalue weighted by Gasteiger charge is 2.33. The van der Waals surface area contributed by atoms with Crippen molar-refractivity contribution in [3.05, 3.63) is 69.8 Å². The predicted octanol–water partition coefficient (Wildman–Crippen LogP) is 6.38. The molecule has 0 unspecified atom stereocenters. The lowest BCUT2D eigenvalue weighted by Gasteiger charge is -2.27. The average molecular weight is 563 g/mol. The van der Waals surface area contributed by atoms with E-state index in [-0.39, 0.29) is 11.9 Å². The molecule has 0 bridgehead atoms. The summed E-state index contributed by atoms with van der Waals surface area (Å²) in [5, 5.41) is 6.53. The minimum absolute atomic E-state index is 0.292. The molecule has 2 aromatic heterocycles. The number of piperidine rings is 1. The van der Waals surface area contributed by atoms with Gasteiger partial charge in [0.15, 0.2) is 5.82 Å². The molecule has 0 radical (unpaired) electrons. The van der Waals surface area contributed by atoms with Crippen molar-refractivity contribution in [3.8, 4) is 0 Å². The number of halogens is 1. The summed E-state index contributed by atoms with van der Waals surface area (Å²) in [6.07, 6.45) is 5.26. The summed E-state index contributed by atoms with van der Waals surface area (Å²) < 4.78 is 0.909. The van der Waals surface area contributed by atoms with Crippen LogP contribution >= 0.6 is 27.3 Å². The minimum Gasteiger partial charge on any atom is -0.321 e. The zero-order valence-electron chi connectivity index (χ0n) is 19.3. The van der Waals surface area contributed by atoms with Gasteiger partial charge in [0.1, 0.15) is 16.0 Å². The summed E-state index contributed by atoms with van der Waals surface area (Å²) in [5.74, 6) is 0.165. The van der Waals surface area contributed by atoms with Crippen LogP contribution in [0.3, 0.4) is 0 Å². The van der Waals surface area contributed by atoms with Crippen molar-refractivity contribution in [3.63, 3.8) is 0 Å².